The summed E-state index contributed by atoms with van der Waals surface area (Å²) in [4.78, 5) is 0. The SMILES string of the molecule is CC1(C)c2cc3ccccc3cc2-c2cc(-c3c4ccccc4c(-c4cccc(-c5ccc6ccccc6c5)c4)c4ccccc34)c3sc4ccccc4c3c21. The van der Waals surface area contributed by atoms with Gasteiger partial charge in [0.25, 0.3) is 0 Å². The molecule has 10 aromatic carbocycles. The molecule has 0 spiro atoms. The number of thiophene rings is 1. The molecule has 1 heterocycles. The molecular weight excluding hydrogens is 693 g/mol. The topological polar surface area (TPSA) is 0 Å². The zero-order chi connectivity index (χ0) is 37.1. The molecule has 11 aromatic rings. The van der Waals surface area contributed by atoms with Crippen LogP contribution in [0.1, 0.15) is 25.0 Å². The maximum Gasteiger partial charge on any atom is 0.0437 e. The lowest BCUT2D eigenvalue weighted by Gasteiger charge is -2.24. The highest BCUT2D eigenvalue weighted by Crippen LogP contribution is 2.58. The molecule has 1 aliphatic rings. The van der Waals surface area contributed by atoms with E-state index in [1.165, 1.54) is 119 Å². The van der Waals surface area contributed by atoms with Crippen LogP contribution in [-0.4, -0.2) is 0 Å². The second-order valence-corrected chi connectivity index (χ2v) is 17.1. The van der Waals surface area contributed by atoms with Gasteiger partial charge >= 0.3 is 0 Å². The number of benzene rings is 10. The Hall–Kier alpha value is -6.54. The Bertz CT molecular complexity index is 3390. The molecule has 0 saturated heterocycles. The van der Waals surface area contributed by atoms with Crippen molar-refractivity contribution < 1.29 is 0 Å². The summed E-state index contributed by atoms with van der Waals surface area (Å²) in [6, 6.07) is 68.2. The molecule has 1 aromatic heterocycles. The van der Waals surface area contributed by atoms with Crippen molar-refractivity contribution >= 4 is 74.6 Å². The van der Waals surface area contributed by atoms with Crippen LogP contribution in [0.2, 0.25) is 0 Å². The third-order valence-corrected chi connectivity index (χ3v) is 13.8. The van der Waals surface area contributed by atoms with Gasteiger partial charge in [-0.2, -0.15) is 0 Å². The summed E-state index contributed by atoms with van der Waals surface area (Å²) in [5, 5.41) is 13.0. The van der Waals surface area contributed by atoms with Crippen LogP contribution in [0.25, 0.3) is 108 Å². The lowest BCUT2D eigenvalue weighted by atomic mass is 9.79. The summed E-state index contributed by atoms with van der Waals surface area (Å²) in [6.45, 7) is 4.87. The van der Waals surface area contributed by atoms with Crippen LogP contribution in [0, 0.1) is 0 Å². The monoisotopic (exact) mass is 728 g/mol. The van der Waals surface area contributed by atoms with E-state index in [1.54, 1.807) is 0 Å². The van der Waals surface area contributed by atoms with E-state index in [0.29, 0.717) is 0 Å². The van der Waals surface area contributed by atoms with E-state index in [-0.39, 0.29) is 5.41 Å². The molecule has 0 N–H and O–H groups in total. The van der Waals surface area contributed by atoms with Crippen LogP contribution in [0.3, 0.4) is 0 Å². The summed E-state index contributed by atoms with van der Waals surface area (Å²) in [5.41, 5.74) is 13.1. The molecule has 0 radical (unpaired) electrons. The minimum absolute atomic E-state index is 0.153. The molecule has 1 heteroatoms. The van der Waals surface area contributed by atoms with Gasteiger partial charge in [-0.3, -0.25) is 0 Å². The fourth-order valence-corrected chi connectivity index (χ4v) is 11.2. The van der Waals surface area contributed by atoms with Crippen LogP contribution in [-0.2, 0) is 5.41 Å². The Kier molecular flexibility index (Phi) is 6.66. The fourth-order valence-electron chi connectivity index (χ4n) is 10.0. The molecule has 1 aliphatic carbocycles. The molecule has 0 nitrogen and oxygen atoms in total. The third-order valence-electron chi connectivity index (χ3n) is 12.6. The highest BCUT2D eigenvalue weighted by Gasteiger charge is 2.39. The first-order chi connectivity index (χ1) is 27.5. The number of hydrogen-bond donors (Lipinski definition) is 0. The number of hydrogen-bond acceptors (Lipinski definition) is 1. The Morgan fingerprint density at radius 3 is 1.64 bits per heavy atom. The number of fused-ring (bicyclic) bond motifs is 11. The molecule has 56 heavy (non-hydrogen) atoms. The summed E-state index contributed by atoms with van der Waals surface area (Å²) >= 11 is 1.95. The van der Waals surface area contributed by atoms with Gasteiger partial charge in [0.2, 0.25) is 0 Å². The van der Waals surface area contributed by atoms with Crippen LogP contribution in [0.15, 0.2) is 182 Å². The second-order valence-electron chi connectivity index (χ2n) is 16.0. The van der Waals surface area contributed by atoms with E-state index in [0.717, 1.165) is 0 Å². The summed E-state index contributed by atoms with van der Waals surface area (Å²) in [6.07, 6.45) is 0. The predicted octanol–water partition coefficient (Wildman–Crippen LogP) is 16.0. The average Bonchev–Trinajstić information content (AvgIpc) is 3.73. The van der Waals surface area contributed by atoms with Gasteiger partial charge in [0.1, 0.15) is 0 Å². The molecule has 0 fully saturated rings. The van der Waals surface area contributed by atoms with Crippen molar-refractivity contribution in [3.63, 3.8) is 0 Å². The quantitative estimate of drug-likeness (QED) is 0.159. The smallest absolute Gasteiger partial charge is 0.0437 e. The van der Waals surface area contributed by atoms with Crippen LogP contribution < -0.4 is 0 Å². The zero-order valence-corrected chi connectivity index (χ0v) is 32.0. The Morgan fingerprint density at radius 2 is 0.929 bits per heavy atom. The van der Waals surface area contributed by atoms with Crippen molar-refractivity contribution in [2.75, 3.05) is 0 Å². The Labute approximate surface area is 329 Å². The van der Waals surface area contributed by atoms with E-state index >= 15 is 0 Å². The Morgan fingerprint density at radius 1 is 0.375 bits per heavy atom. The van der Waals surface area contributed by atoms with Gasteiger partial charge < -0.3 is 0 Å². The summed E-state index contributed by atoms with van der Waals surface area (Å²) < 4.78 is 2.71. The van der Waals surface area contributed by atoms with Gasteiger partial charge in [-0.15, -0.1) is 11.3 Å². The molecule has 0 bridgehead atoms. The van der Waals surface area contributed by atoms with E-state index in [4.69, 9.17) is 0 Å². The first-order valence-corrected chi connectivity index (χ1v) is 20.4. The Balaban J connectivity index is 1.17. The highest BCUT2D eigenvalue weighted by atomic mass is 32.1. The highest BCUT2D eigenvalue weighted by molar-refractivity contribution is 7.26. The van der Waals surface area contributed by atoms with Crippen molar-refractivity contribution in [2.45, 2.75) is 19.3 Å². The summed E-state index contributed by atoms with van der Waals surface area (Å²) in [5.74, 6) is 0. The predicted molar refractivity (Wildman–Crippen MR) is 243 cm³/mol. The van der Waals surface area contributed by atoms with E-state index in [9.17, 15) is 0 Å². The lowest BCUT2D eigenvalue weighted by Crippen LogP contribution is -2.15. The van der Waals surface area contributed by atoms with E-state index in [2.05, 4.69) is 196 Å². The molecule has 0 saturated carbocycles. The minimum atomic E-state index is -0.153. The third kappa shape index (κ3) is 4.47. The first kappa shape index (κ1) is 31.8. The van der Waals surface area contributed by atoms with Crippen LogP contribution >= 0.6 is 11.3 Å². The summed E-state index contributed by atoms with van der Waals surface area (Å²) in [7, 11) is 0. The molecule has 262 valence electrons. The standard InChI is InChI=1S/C55H36S/c1-55(2)48-31-37-17-6-5-16-36(37)30-45(48)46-32-47(54-52(53(46)55)44-24-11-12-25-49(44)56-54)51-42-22-9-7-20-40(42)50(41-21-8-10-23-43(41)51)39-19-13-18-35(29-39)38-27-26-33-14-3-4-15-34(33)28-38/h3-32H,1-2H3. The van der Waals surface area contributed by atoms with Gasteiger partial charge in [0.15, 0.2) is 0 Å². The molecule has 12 rings (SSSR count). The van der Waals surface area contributed by atoms with E-state index in [1.807, 2.05) is 11.3 Å². The van der Waals surface area contributed by atoms with Gasteiger partial charge in [0.05, 0.1) is 0 Å². The van der Waals surface area contributed by atoms with Crippen molar-refractivity contribution in [3.05, 3.63) is 193 Å². The molecule has 0 aliphatic heterocycles. The van der Waals surface area contributed by atoms with Gasteiger partial charge in [-0.05, 0) is 130 Å². The minimum Gasteiger partial charge on any atom is -0.135 e. The van der Waals surface area contributed by atoms with Crippen molar-refractivity contribution in [2.24, 2.45) is 0 Å². The van der Waals surface area contributed by atoms with Gasteiger partial charge in [-0.1, -0.05) is 159 Å². The molecule has 0 amide bonds. The van der Waals surface area contributed by atoms with E-state index < -0.39 is 0 Å². The molecule has 0 unspecified atom stereocenters. The second kappa shape index (κ2) is 11.7. The van der Waals surface area contributed by atoms with Crippen molar-refractivity contribution in [1.82, 2.24) is 0 Å². The zero-order valence-electron chi connectivity index (χ0n) is 31.2. The molecular formula is C55H36S. The largest absolute Gasteiger partial charge is 0.135 e. The molecule has 0 atom stereocenters. The van der Waals surface area contributed by atoms with Crippen molar-refractivity contribution in [1.29, 1.82) is 0 Å². The first-order valence-electron chi connectivity index (χ1n) is 19.6. The van der Waals surface area contributed by atoms with Crippen LogP contribution in [0.4, 0.5) is 0 Å². The maximum atomic E-state index is 2.56. The van der Waals surface area contributed by atoms with Crippen LogP contribution in [0.5, 0.6) is 0 Å². The number of rotatable bonds is 3. The maximum absolute atomic E-state index is 2.56. The van der Waals surface area contributed by atoms with Gasteiger partial charge in [0, 0.05) is 31.2 Å². The van der Waals surface area contributed by atoms with Crippen molar-refractivity contribution in [3.8, 4) is 44.5 Å². The van der Waals surface area contributed by atoms with Gasteiger partial charge in [-0.25, -0.2) is 0 Å². The normalized spacial score (nSPS) is 13.3. The average molecular weight is 729 g/mol. The fraction of sp³-hybridized carbons (Fsp3) is 0.0545. The lowest BCUT2D eigenvalue weighted by molar-refractivity contribution is 0.667.